The summed E-state index contributed by atoms with van der Waals surface area (Å²) in [5, 5.41) is 10.0. The van der Waals surface area contributed by atoms with Crippen LogP contribution in [0.15, 0.2) is 51.3 Å². The molecule has 1 aromatic rings. The van der Waals surface area contributed by atoms with Gasteiger partial charge in [0, 0.05) is 0 Å². The van der Waals surface area contributed by atoms with E-state index in [1.165, 1.54) is 11.8 Å². The van der Waals surface area contributed by atoms with E-state index in [1.807, 2.05) is 31.2 Å². The molecule has 3 rings (SSSR count). The molecule has 0 amide bonds. The van der Waals surface area contributed by atoms with E-state index in [9.17, 15) is 10.1 Å². The molecule has 1 aromatic carbocycles. The van der Waals surface area contributed by atoms with Gasteiger partial charge in [-0.05, 0) is 42.8 Å². The number of fused-ring (bicyclic) bond motifs is 1. The molecule has 2 aliphatic heterocycles. The number of allylic oxidation sites excluding steroid dienone is 2. The van der Waals surface area contributed by atoms with Gasteiger partial charge in [0.2, 0.25) is 0 Å². The van der Waals surface area contributed by atoms with Crippen LogP contribution in [0.4, 0.5) is 0 Å². The maximum atomic E-state index is 12.9. The Morgan fingerprint density at radius 3 is 2.86 bits per heavy atom. The lowest BCUT2D eigenvalue weighted by atomic mass is 9.93. The Labute approximate surface area is 168 Å². The Balaban J connectivity index is 2.23. The lowest BCUT2D eigenvalue weighted by Gasteiger charge is -2.35. The fraction of sp³-hybridized carbons (Fsp3) is 0.350. The van der Waals surface area contributed by atoms with Crippen LogP contribution < -0.4 is 10.5 Å². The second kappa shape index (κ2) is 8.40. The molecule has 2 N–H and O–H groups in total. The van der Waals surface area contributed by atoms with E-state index in [-0.39, 0.29) is 12.4 Å². The Morgan fingerprint density at radius 2 is 2.21 bits per heavy atom. The van der Waals surface area contributed by atoms with E-state index in [1.54, 1.807) is 18.9 Å². The first kappa shape index (κ1) is 19.8. The number of methoxy groups -OCH3 is 1. The minimum atomic E-state index is -0.540. The Kier molecular flexibility index (Phi) is 5.95. The van der Waals surface area contributed by atoms with Gasteiger partial charge in [0.15, 0.2) is 5.17 Å². The van der Waals surface area contributed by atoms with Crippen LogP contribution in [-0.4, -0.2) is 29.8 Å². The molecule has 0 aromatic heterocycles. The van der Waals surface area contributed by atoms with Crippen LogP contribution >= 0.6 is 11.8 Å². The SMILES string of the molecule is CCCC1=C(C(=O)OCC)[C@@H](c2cccc(OC)c2)N2C(=N1)SC(C#N)=C2N. The van der Waals surface area contributed by atoms with Crippen LogP contribution in [0.3, 0.4) is 0 Å². The molecular weight excluding hydrogens is 376 g/mol. The smallest absolute Gasteiger partial charge is 0.338 e. The van der Waals surface area contributed by atoms with Crippen molar-refractivity contribution in [2.24, 2.45) is 10.7 Å². The molecular formula is C20H22N4O3S. The predicted octanol–water partition coefficient (Wildman–Crippen LogP) is 3.42. The molecule has 0 bridgehead atoms. The van der Waals surface area contributed by atoms with E-state index < -0.39 is 12.0 Å². The first-order chi connectivity index (χ1) is 13.5. The predicted molar refractivity (Wildman–Crippen MR) is 108 cm³/mol. The lowest BCUT2D eigenvalue weighted by Crippen LogP contribution is -2.39. The highest BCUT2D eigenvalue weighted by Gasteiger charge is 2.43. The van der Waals surface area contributed by atoms with E-state index >= 15 is 0 Å². The number of nitrogens with zero attached hydrogens (tertiary/aromatic N) is 3. The van der Waals surface area contributed by atoms with Gasteiger partial charge in [-0.2, -0.15) is 5.26 Å². The summed E-state index contributed by atoms with van der Waals surface area (Å²) in [6.45, 7) is 4.05. The molecule has 0 saturated heterocycles. The summed E-state index contributed by atoms with van der Waals surface area (Å²) in [5.74, 6) is 0.526. The number of nitriles is 1. The molecule has 0 saturated carbocycles. The number of rotatable bonds is 6. The van der Waals surface area contributed by atoms with Gasteiger partial charge in [-0.3, -0.25) is 4.90 Å². The number of benzene rings is 1. The maximum Gasteiger partial charge on any atom is 0.338 e. The first-order valence-electron chi connectivity index (χ1n) is 9.05. The van der Waals surface area contributed by atoms with E-state index in [4.69, 9.17) is 15.2 Å². The normalized spacial score (nSPS) is 18.6. The molecule has 0 fully saturated rings. The van der Waals surface area contributed by atoms with Crippen LogP contribution in [0.5, 0.6) is 5.75 Å². The number of carbonyl (C=O) groups excluding carboxylic acids is 1. The molecule has 8 heteroatoms. The minimum absolute atomic E-state index is 0.257. The number of aliphatic imine (C=N–C) groups is 1. The average Bonchev–Trinajstić information content (AvgIpc) is 3.02. The van der Waals surface area contributed by atoms with Crippen molar-refractivity contribution >= 4 is 22.9 Å². The van der Waals surface area contributed by atoms with Gasteiger partial charge in [-0.15, -0.1) is 0 Å². The number of thioether (sulfide) groups is 1. The zero-order valence-corrected chi connectivity index (χ0v) is 16.9. The van der Waals surface area contributed by atoms with Crippen LogP contribution in [0.2, 0.25) is 0 Å². The highest BCUT2D eigenvalue weighted by Crippen LogP contribution is 2.46. The highest BCUT2D eigenvalue weighted by atomic mass is 32.2. The van der Waals surface area contributed by atoms with Crippen molar-refractivity contribution in [2.75, 3.05) is 13.7 Å². The standard InChI is InChI=1S/C20H22N4O3S/c1-4-7-14-16(19(25)27-5-2)17(12-8-6-9-13(10-12)26-3)24-18(22)15(11-21)28-20(24)23-14/h6,8-10,17H,4-5,7,22H2,1-3H3/t17-/m1/s1. The van der Waals surface area contributed by atoms with Crippen molar-refractivity contribution in [3.8, 4) is 11.8 Å². The topological polar surface area (TPSA) is 101 Å². The van der Waals surface area contributed by atoms with Crippen molar-refractivity contribution in [3.63, 3.8) is 0 Å². The second-order valence-electron chi connectivity index (χ2n) is 6.20. The zero-order valence-electron chi connectivity index (χ0n) is 16.1. The van der Waals surface area contributed by atoms with Crippen LogP contribution in [0.25, 0.3) is 0 Å². The van der Waals surface area contributed by atoms with Gasteiger partial charge in [0.05, 0.1) is 31.0 Å². The summed E-state index contributed by atoms with van der Waals surface area (Å²) in [5.41, 5.74) is 8.20. The minimum Gasteiger partial charge on any atom is -0.497 e. The third-order valence-electron chi connectivity index (χ3n) is 4.46. The third kappa shape index (κ3) is 3.45. The van der Waals surface area contributed by atoms with Crippen LogP contribution in [-0.2, 0) is 9.53 Å². The van der Waals surface area contributed by atoms with E-state index in [0.717, 1.165) is 12.0 Å². The number of nitrogens with two attached hydrogens (primary N) is 1. The molecule has 0 unspecified atom stereocenters. The Bertz CT molecular complexity index is 930. The number of amidine groups is 1. The Hall–Kier alpha value is -2.92. The largest absolute Gasteiger partial charge is 0.497 e. The van der Waals surface area contributed by atoms with Gasteiger partial charge >= 0.3 is 5.97 Å². The number of esters is 1. The molecule has 28 heavy (non-hydrogen) atoms. The van der Waals surface area contributed by atoms with E-state index in [0.29, 0.717) is 33.5 Å². The number of hydrogen-bond acceptors (Lipinski definition) is 8. The van der Waals surface area contributed by atoms with Gasteiger partial charge in [-0.25, -0.2) is 9.79 Å². The summed E-state index contributed by atoms with van der Waals surface area (Å²) in [6, 6.07) is 9.03. The first-order valence-corrected chi connectivity index (χ1v) is 9.87. The molecule has 7 nitrogen and oxygen atoms in total. The summed E-state index contributed by atoms with van der Waals surface area (Å²) in [4.78, 5) is 19.7. The van der Waals surface area contributed by atoms with Gasteiger partial charge < -0.3 is 15.2 Å². The van der Waals surface area contributed by atoms with E-state index in [2.05, 4.69) is 11.1 Å². The summed E-state index contributed by atoms with van der Waals surface area (Å²) in [6.07, 6.45) is 1.44. The lowest BCUT2D eigenvalue weighted by molar-refractivity contribution is -0.139. The van der Waals surface area contributed by atoms with Gasteiger partial charge in [0.25, 0.3) is 0 Å². The molecule has 1 atom stereocenters. The number of ether oxygens (including phenoxy) is 2. The van der Waals surface area contributed by atoms with Crippen molar-refractivity contribution < 1.29 is 14.3 Å². The van der Waals surface area contributed by atoms with Crippen LogP contribution in [0, 0.1) is 11.3 Å². The van der Waals surface area contributed by atoms with Crippen molar-refractivity contribution in [1.82, 2.24) is 4.90 Å². The molecule has 146 valence electrons. The fourth-order valence-electron chi connectivity index (χ4n) is 3.27. The van der Waals surface area contributed by atoms with Crippen molar-refractivity contribution in [3.05, 3.63) is 51.8 Å². The molecule has 2 aliphatic rings. The Morgan fingerprint density at radius 1 is 1.43 bits per heavy atom. The summed E-state index contributed by atoms with van der Waals surface area (Å²) >= 11 is 1.22. The van der Waals surface area contributed by atoms with Crippen molar-refractivity contribution in [1.29, 1.82) is 5.26 Å². The maximum absolute atomic E-state index is 12.9. The van der Waals surface area contributed by atoms with Gasteiger partial charge in [-0.1, -0.05) is 25.5 Å². The molecule has 0 aliphatic carbocycles. The highest BCUT2D eigenvalue weighted by molar-refractivity contribution is 8.17. The zero-order chi connectivity index (χ0) is 20.3. The van der Waals surface area contributed by atoms with Crippen molar-refractivity contribution in [2.45, 2.75) is 32.7 Å². The summed E-state index contributed by atoms with van der Waals surface area (Å²) < 4.78 is 10.7. The fourth-order valence-corrected chi connectivity index (χ4v) is 4.16. The number of hydrogen-bond donors (Lipinski definition) is 1. The molecule has 2 heterocycles. The molecule has 0 radical (unpaired) electrons. The van der Waals surface area contributed by atoms with Gasteiger partial charge in [0.1, 0.15) is 22.5 Å². The van der Waals surface area contributed by atoms with Crippen LogP contribution in [0.1, 0.15) is 38.3 Å². The summed E-state index contributed by atoms with van der Waals surface area (Å²) in [7, 11) is 1.59. The quantitative estimate of drug-likeness (QED) is 0.733. The molecule has 0 spiro atoms. The monoisotopic (exact) mass is 398 g/mol. The second-order valence-corrected chi connectivity index (χ2v) is 7.18. The average molecular weight is 398 g/mol. The third-order valence-corrected chi connectivity index (χ3v) is 5.43. The number of carbonyl (C=O) groups is 1.